The highest BCUT2D eigenvalue weighted by Gasteiger charge is 2.69. The molecule has 0 amide bonds. The maximum Gasteiger partial charge on any atom is 0.0729 e. The highest BCUT2D eigenvalue weighted by molar-refractivity contribution is 5.21. The van der Waals surface area contributed by atoms with Gasteiger partial charge in [0.25, 0.3) is 0 Å². The number of piperidine rings is 1. The lowest BCUT2D eigenvalue weighted by Gasteiger charge is -2.49. The van der Waals surface area contributed by atoms with Gasteiger partial charge in [0, 0.05) is 18.6 Å². The molecule has 0 radical (unpaired) electrons. The molecule has 0 aromatic heterocycles. The van der Waals surface area contributed by atoms with Gasteiger partial charge in [-0.05, 0) is 42.4 Å². The normalized spacial score (nSPS) is 58.7. The second-order valence-corrected chi connectivity index (χ2v) is 7.29. The number of hydrogen-bond acceptors (Lipinski definition) is 3. The monoisotopic (exact) mass is 251 g/mol. The first kappa shape index (κ1) is 11.7. The van der Waals surface area contributed by atoms with Crippen LogP contribution in [0.15, 0.2) is 0 Å². The van der Waals surface area contributed by atoms with E-state index in [2.05, 4.69) is 18.7 Å². The van der Waals surface area contributed by atoms with E-state index in [9.17, 15) is 10.2 Å². The molecule has 1 saturated heterocycles. The first-order chi connectivity index (χ1) is 8.63. The lowest BCUT2D eigenvalue weighted by atomic mass is 9.75. The number of rotatable bonds is 3. The predicted octanol–water partition coefficient (Wildman–Crippen LogP) is 1.09. The van der Waals surface area contributed by atoms with Gasteiger partial charge in [0.15, 0.2) is 0 Å². The minimum absolute atomic E-state index is 0.113. The molecule has 1 heterocycles. The molecule has 4 aliphatic rings. The van der Waals surface area contributed by atoms with Crippen molar-refractivity contribution in [3.63, 3.8) is 0 Å². The molecule has 4 bridgehead atoms. The number of likely N-dealkylation sites (tertiary alicyclic amines) is 1. The molecule has 3 nitrogen and oxygen atoms in total. The Hall–Kier alpha value is -0.120. The zero-order chi connectivity index (χ0) is 12.6. The van der Waals surface area contributed by atoms with Gasteiger partial charge < -0.3 is 10.2 Å². The zero-order valence-electron chi connectivity index (χ0n) is 11.4. The summed E-state index contributed by atoms with van der Waals surface area (Å²) in [6, 6.07) is 0.705. The molecule has 0 spiro atoms. The van der Waals surface area contributed by atoms with Gasteiger partial charge in [-0.1, -0.05) is 20.3 Å². The smallest absolute Gasteiger partial charge is 0.0729 e. The molecule has 3 aliphatic carbocycles. The minimum atomic E-state index is -0.113. The Balaban J connectivity index is 1.67. The minimum Gasteiger partial charge on any atom is -0.391 e. The molecule has 2 N–H and O–H groups in total. The van der Waals surface area contributed by atoms with Gasteiger partial charge in [0.1, 0.15) is 0 Å². The summed E-state index contributed by atoms with van der Waals surface area (Å²) in [5.41, 5.74) is 0. The highest BCUT2D eigenvalue weighted by Crippen LogP contribution is 2.64. The van der Waals surface area contributed by atoms with Gasteiger partial charge in [0.05, 0.1) is 12.2 Å². The van der Waals surface area contributed by atoms with Crippen molar-refractivity contribution in [2.45, 2.75) is 57.4 Å². The van der Waals surface area contributed by atoms with E-state index in [1.807, 2.05) is 0 Å². The van der Waals surface area contributed by atoms with Gasteiger partial charge in [-0.25, -0.2) is 0 Å². The number of aliphatic hydroxyl groups is 2. The Morgan fingerprint density at radius 2 is 1.89 bits per heavy atom. The van der Waals surface area contributed by atoms with Gasteiger partial charge in [-0.2, -0.15) is 0 Å². The summed E-state index contributed by atoms with van der Waals surface area (Å²) in [6.45, 7) is 5.58. The Morgan fingerprint density at radius 3 is 2.61 bits per heavy atom. The van der Waals surface area contributed by atoms with E-state index in [1.165, 1.54) is 12.8 Å². The number of fused-ring (bicyclic) bond motifs is 3. The van der Waals surface area contributed by atoms with Crippen LogP contribution in [0, 0.1) is 29.6 Å². The van der Waals surface area contributed by atoms with Crippen LogP contribution in [-0.2, 0) is 0 Å². The first-order valence-corrected chi connectivity index (χ1v) is 7.75. The predicted molar refractivity (Wildman–Crippen MR) is 68.9 cm³/mol. The van der Waals surface area contributed by atoms with Crippen LogP contribution in [0.25, 0.3) is 0 Å². The summed E-state index contributed by atoms with van der Waals surface area (Å²) in [5.74, 6) is 2.86. The number of nitrogens with zero attached hydrogens (tertiary/aromatic N) is 1. The Kier molecular flexibility index (Phi) is 2.41. The fourth-order valence-corrected chi connectivity index (χ4v) is 5.77. The van der Waals surface area contributed by atoms with E-state index in [0.717, 1.165) is 13.0 Å². The molecule has 3 heteroatoms. The Labute approximate surface area is 109 Å². The molecule has 1 aliphatic heterocycles. The third-order valence-electron chi connectivity index (χ3n) is 6.64. The standard InChI is InChI=1S/C15H25NO2/c1-3-7(2)6-16-11-5-8-9-4-10(12(8)15(11)18)13(16)14(9)17/h7-15,17-18H,3-6H2,1-2H3/t7-,8+,9+,10-,11-,12-,13+,14+,15+/m0/s1. The molecule has 4 fully saturated rings. The number of hydrogen-bond donors (Lipinski definition) is 2. The van der Waals surface area contributed by atoms with Crippen LogP contribution in [0.2, 0.25) is 0 Å². The summed E-state index contributed by atoms with van der Waals surface area (Å²) in [4.78, 5) is 2.50. The van der Waals surface area contributed by atoms with Gasteiger partial charge >= 0.3 is 0 Å². The highest BCUT2D eigenvalue weighted by atomic mass is 16.3. The SMILES string of the molecule is CC[C@H](C)CN1[C@H]2[C@H](O)[C@@H]3C[C@H]2[C@H]2[C@H](O)[C@@H]1C[C@H]32. The van der Waals surface area contributed by atoms with Crippen LogP contribution in [0.1, 0.15) is 33.1 Å². The average Bonchev–Trinajstić information content (AvgIpc) is 2.91. The maximum atomic E-state index is 10.5. The molecule has 0 unspecified atom stereocenters. The molecule has 3 saturated carbocycles. The maximum absolute atomic E-state index is 10.5. The zero-order valence-corrected chi connectivity index (χ0v) is 11.4. The van der Waals surface area contributed by atoms with Crippen LogP contribution in [0.4, 0.5) is 0 Å². The van der Waals surface area contributed by atoms with Gasteiger partial charge in [-0.15, -0.1) is 0 Å². The van der Waals surface area contributed by atoms with Crippen molar-refractivity contribution in [3.8, 4) is 0 Å². The van der Waals surface area contributed by atoms with Crippen molar-refractivity contribution < 1.29 is 10.2 Å². The van der Waals surface area contributed by atoms with Crippen molar-refractivity contribution in [1.82, 2.24) is 4.90 Å². The molecule has 0 aromatic carbocycles. The quantitative estimate of drug-likeness (QED) is 0.789. The van der Waals surface area contributed by atoms with Crippen LogP contribution >= 0.6 is 0 Å². The molecule has 102 valence electrons. The Bertz CT molecular complexity index is 360. The van der Waals surface area contributed by atoms with E-state index in [0.29, 0.717) is 41.7 Å². The van der Waals surface area contributed by atoms with Crippen molar-refractivity contribution >= 4 is 0 Å². The largest absolute Gasteiger partial charge is 0.391 e. The summed E-state index contributed by atoms with van der Waals surface area (Å²) < 4.78 is 0. The lowest BCUT2D eigenvalue weighted by molar-refractivity contribution is -0.102. The lowest BCUT2D eigenvalue weighted by Crippen LogP contribution is -2.61. The van der Waals surface area contributed by atoms with Crippen molar-refractivity contribution in [2.24, 2.45) is 29.6 Å². The molecule has 18 heavy (non-hydrogen) atoms. The molecular weight excluding hydrogens is 226 g/mol. The van der Waals surface area contributed by atoms with E-state index < -0.39 is 0 Å². The second kappa shape index (κ2) is 3.71. The topological polar surface area (TPSA) is 43.7 Å². The molecular formula is C15H25NO2. The van der Waals surface area contributed by atoms with E-state index >= 15 is 0 Å². The Morgan fingerprint density at radius 1 is 1.11 bits per heavy atom. The second-order valence-electron chi connectivity index (χ2n) is 7.29. The van der Waals surface area contributed by atoms with Crippen LogP contribution in [-0.4, -0.2) is 45.9 Å². The summed E-state index contributed by atoms with van der Waals surface area (Å²) in [5, 5.41) is 21.1. The summed E-state index contributed by atoms with van der Waals surface area (Å²) >= 11 is 0. The van der Waals surface area contributed by atoms with E-state index in [1.54, 1.807) is 0 Å². The average molecular weight is 251 g/mol. The third kappa shape index (κ3) is 1.21. The molecule has 4 rings (SSSR count). The summed E-state index contributed by atoms with van der Waals surface area (Å²) in [7, 11) is 0. The van der Waals surface area contributed by atoms with Gasteiger partial charge in [-0.3, -0.25) is 4.90 Å². The van der Waals surface area contributed by atoms with Crippen LogP contribution in [0.3, 0.4) is 0 Å². The third-order valence-corrected chi connectivity index (χ3v) is 6.64. The fraction of sp³-hybridized carbons (Fsp3) is 1.00. The van der Waals surface area contributed by atoms with Crippen LogP contribution < -0.4 is 0 Å². The first-order valence-electron chi connectivity index (χ1n) is 7.75. The van der Waals surface area contributed by atoms with E-state index in [4.69, 9.17) is 0 Å². The van der Waals surface area contributed by atoms with Crippen molar-refractivity contribution in [3.05, 3.63) is 0 Å². The number of aliphatic hydroxyl groups excluding tert-OH is 2. The van der Waals surface area contributed by atoms with Crippen LogP contribution in [0.5, 0.6) is 0 Å². The fourth-order valence-electron chi connectivity index (χ4n) is 5.77. The molecule has 0 aromatic rings. The van der Waals surface area contributed by atoms with Crippen molar-refractivity contribution in [2.75, 3.05) is 6.54 Å². The summed E-state index contributed by atoms with van der Waals surface area (Å²) in [6.07, 6.45) is 3.26. The van der Waals surface area contributed by atoms with Crippen molar-refractivity contribution in [1.29, 1.82) is 0 Å². The molecule has 9 atom stereocenters. The van der Waals surface area contributed by atoms with Gasteiger partial charge in [0.2, 0.25) is 0 Å². The van der Waals surface area contributed by atoms with E-state index in [-0.39, 0.29) is 12.2 Å².